The number of nitrogens with zero attached hydrogens (tertiary/aromatic N) is 1. The van der Waals surface area contributed by atoms with Gasteiger partial charge in [0, 0.05) is 10.7 Å². The molecule has 0 radical (unpaired) electrons. The van der Waals surface area contributed by atoms with Gasteiger partial charge in [-0.05, 0) is 66.1 Å². The average molecular weight is 433 g/mol. The SMILES string of the molecule is COc1cc(/C=C(\C#N)c2ccc(Cl)cc2)ccc1OCC(=O)Nc1cccc(C)c1. The quantitative estimate of drug-likeness (QED) is 0.381. The van der Waals surface area contributed by atoms with Crippen molar-refractivity contribution >= 4 is 34.8 Å². The zero-order valence-corrected chi connectivity index (χ0v) is 17.9. The van der Waals surface area contributed by atoms with Crippen LogP contribution in [0.4, 0.5) is 5.69 Å². The summed E-state index contributed by atoms with van der Waals surface area (Å²) in [6.07, 6.45) is 1.75. The standard InChI is InChI=1S/C25H21ClN2O3/c1-17-4-3-5-22(12-17)28-25(29)16-31-23-11-6-18(14-24(23)30-2)13-20(15-27)19-7-9-21(26)10-8-19/h3-14H,16H2,1-2H3,(H,28,29)/b20-13+. The number of aryl methyl sites for hydroxylation is 1. The molecule has 0 heterocycles. The normalized spacial score (nSPS) is 10.8. The third kappa shape index (κ3) is 6.11. The van der Waals surface area contributed by atoms with Crippen LogP contribution in [-0.2, 0) is 4.79 Å². The van der Waals surface area contributed by atoms with Crippen LogP contribution in [0.3, 0.4) is 0 Å². The first-order valence-electron chi connectivity index (χ1n) is 9.53. The second-order valence-electron chi connectivity index (χ2n) is 6.79. The number of anilines is 1. The largest absolute Gasteiger partial charge is 0.493 e. The van der Waals surface area contributed by atoms with Gasteiger partial charge in [0.05, 0.1) is 18.8 Å². The fraction of sp³-hybridized carbons (Fsp3) is 0.120. The minimum absolute atomic E-state index is 0.159. The number of carbonyl (C=O) groups excluding carboxylic acids is 1. The lowest BCUT2D eigenvalue weighted by Crippen LogP contribution is -2.20. The predicted octanol–water partition coefficient (Wildman–Crippen LogP) is 5.74. The smallest absolute Gasteiger partial charge is 0.262 e. The predicted molar refractivity (Wildman–Crippen MR) is 123 cm³/mol. The van der Waals surface area contributed by atoms with Crippen LogP contribution < -0.4 is 14.8 Å². The number of amides is 1. The van der Waals surface area contributed by atoms with E-state index in [1.54, 1.807) is 48.5 Å². The van der Waals surface area contributed by atoms with Crippen molar-refractivity contribution in [2.75, 3.05) is 19.0 Å². The maximum atomic E-state index is 12.2. The molecule has 0 spiro atoms. The van der Waals surface area contributed by atoms with E-state index in [4.69, 9.17) is 21.1 Å². The third-order valence-corrected chi connectivity index (χ3v) is 4.69. The molecule has 3 aromatic rings. The lowest BCUT2D eigenvalue weighted by molar-refractivity contribution is -0.118. The van der Waals surface area contributed by atoms with Gasteiger partial charge in [-0.25, -0.2) is 0 Å². The molecule has 0 atom stereocenters. The number of hydrogen-bond acceptors (Lipinski definition) is 4. The average Bonchev–Trinajstić information content (AvgIpc) is 2.77. The summed E-state index contributed by atoms with van der Waals surface area (Å²) in [6, 6.07) is 22.0. The summed E-state index contributed by atoms with van der Waals surface area (Å²) in [6.45, 7) is 1.80. The van der Waals surface area contributed by atoms with Gasteiger partial charge in [0.25, 0.3) is 5.91 Å². The number of nitriles is 1. The van der Waals surface area contributed by atoms with Crippen molar-refractivity contribution in [1.29, 1.82) is 5.26 Å². The number of halogens is 1. The first kappa shape index (κ1) is 21.9. The van der Waals surface area contributed by atoms with Gasteiger partial charge in [0.1, 0.15) is 0 Å². The molecule has 31 heavy (non-hydrogen) atoms. The molecule has 1 N–H and O–H groups in total. The molecule has 6 heteroatoms. The summed E-state index contributed by atoms with van der Waals surface area (Å²) in [7, 11) is 1.52. The van der Waals surface area contributed by atoms with Gasteiger partial charge >= 0.3 is 0 Å². The van der Waals surface area contributed by atoms with E-state index in [1.165, 1.54) is 7.11 Å². The number of ether oxygens (including phenoxy) is 2. The Morgan fingerprint density at radius 2 is 1.87 bits per heavy atom. The number of rotatable bonds is 7. The number of nitrogens with one attached hydrogen (secondary N) is 1. The molecule has 0 aromatic heterocycles. The molecule has 0 aliphatic heterocycles. The van der Waals surface area contributed by atoms with E-state index < -0.39 is 0 Å². The molecule has 3 aromatic carbocycles. The van der Waals surface area contributed by atoms with E-state index >= 15 is 0 Å². The highest BCUT2D eigenvalue weighted by atomic mass is 35.5. The Hall–Kier alpha value is -3.75. The van der Waals surface area contributed by atoms with Crippen molar-refractivity contribution in [3.05, 3.63) is 88.4 Å². The molecule has 0 aliphatic rings. The summed E-state index contributed by atoms with van der Waals surface area (Å²) in [4.78, 5) is 12.2. The summed E-state index contributed by atoms with van der Waals surface area (Å²) in [5.74, 6) is 0.626. The van der Waals surface area contributed by atoms with E-state index in [9.17, 15) is 10.1 Å². The Labute approximate surface area is 186 Å². The van der Waals surface area contributed by atoms with Crippen LogP contribution in [-0.4, -0.2) is 19.6 Å². The first-order chi connectivity index (χ1) is 15.0. The van der Waals surface area contributed by atoms with Gasteiger partial charge in [-0.3, -0.25) is 4.79 Å². The molecule has 0 bridgehead atoms. The lowest BCUT2D eigenvalue weighted by atomic mass is 10.0. The Bertz CT molecular complexity index is 1150. The van der Waals surface area contributed by atoms with Gasteiger partial charge < -0.3 is 14.8 Å². The molecule has 0 saturated heterocycles. The van der Waals surface area contributed by atoms with Crippen molar-refractivity contribution in [2.45, 2.75) is 6.92 Å². The van der Waals surface area contributed by atoms with E-state index in [0.717, 1.165) is 16.7 Å². The van der Waals surface area contributed by atoms with E-state index in [0.29, 0.717) is 27.8 Å². The fourth-order valence-corrected chi connectivity index (χ4v) is 3.06. The number of benzene rings is 3. The van der Waals surface area contributed by atoms with Crippen LogP contribution in [0.1, 0.15) is 16.7 Å². The summed E-state index contributed by atoms with van der Waals surface area (Å²) < 4.78 is 11.0. The van der Waals surface area contributed by atoms with Crippen LogP contribution in [0.25, 0.3) is 11.6 Å². The van der Waals surface area contributed by atoms with Gasteiger partial charge in [0.15, 0.2) is 18.1 Å². The van der Waals surface area contributed by atoms with Crippen molar-refractivity contribution in [3.63, 3.8) is 0 Å². The molecule has 5 nitrogen and oxygen atoms in total. The maximum Gasteiger partial charge on any atom is 0.262 e. The Kier molecular flexibility index (Phi) is 7.31. The minimum Gasteiger partial charge on any atom is -0.493 e. The summed E-state index contributed by atoms with van der Waals surface area (Å²) in [5.41, 5.74) is 3.79. The molecule has 0 saturated carbocycles. The van der Waals surface area contributed by atoms with Crippen LogP contribution in [0, 0.1) is 18.3 Å². The monoisotopic (exact) mass is 432 g/mol. The molecule has 0 aliphatic carbocycles. The van der Waals surface area contributed by atoms with Crippen LogP contribution >= 0.6 is 11.6 Å². The number of hydrogen-bond donors (Lipinski definition) is 1. The number of allylic oxidation sites excluding steroid dienone is 1. The van der Waals surface area contributed by atoms with Crippen LogP contribution in [0.5, 0.6) is 11.5 Å². The highest BCUT2D eigenvalue weighted by Gasteiger charge is 2.10. The van der Waals surface area contributed by atoms with Crippen LogP contribution in [0.15, 0.2) is 66.7 Å². The molecule has 0 fully saturated rings. The van der Waals surface area contributed by atoms with Gasteiger partial charge in [-0.1, -0.05) is 41.9 Å². The topological polar surface area (TPSA) is 71.3 Å². The third-order valence-electron chi connectivity index (χ3n) is 4.43. The van der Waals surface area contributed by atoms with E-state index in [2.05, 4.69) is 11.4 Å². The molecule has 3 rings (SSSR count). The zero-order valence-electron chi connectivity index (χ0n) is 17.2. The first-order valence-corrected chi connectivity index (χ1v) is 9.91. The number of methoxy groups -OCH3 is 1. The second-order valence-corrected chi connectivity index (χ2v) is 7.23. The van der Waals surface area contributed by atoms with E-state index in [1.807, 2.05) is 31.2 Å². The Balaban J connectivity index is 1.71. The van der Waals surface area contributed by atoms with Crippen molar-refractivity contribution in [2.24, 2.45) is 0 Å². The van der Waals surface area contributed by atoms with Gasteiger partial charge in [-0.2, -0.15) is 5.26 Å². The molecule has 0 unspecified atom stereocenters. The molecule has 1 amide bonds. The number of carbonyl (C=O) groups is 1. The zero-order chi connectivity index (χ0) is 22.2. The molecule has 156 valence electrons. The maximum absolute atomic E-state index is 12.2. The van der Waals surface area contributed by atoms with Gasteiger partial charge in [0.2, 0.25) is 0 Å². The molecular weight excluding hydrogens is 412 g/mol. The lowest BCUT2D eigenvalue weighted by Gasteiger charge is -2.12. The summed E-state index contributed by atoms with van der Waals surface area (Å²) in [5, 5.41) is 12.9. The Morgan fingerprint density at radius 3 is 2.55 bits per heavy atom. The minimum atomic E-state index is -0.272. The van der Waals surface area contributed by atoms with Crippen LogP contribution in [0.2, 0.25) is 5.02 Å². The Morgan fingerprint density at radius 1 is 1.10 bits per heavy atom. The fourth-order valence-electron chi connectivity index (χ4n) is 2.93. The molecular formula is C25H21ClN2O3. The van der Waals surface area contributed by atoms with Crippen molar-refractivity contribution < 1.29 is 14.3 Å². The second kappa shape index (κ2) is 10.3. The van der Waals surface area contributed by atoms with Crippen molar-refractivity contribution in [3.8, 4) is 17.6 Å². The summed E-state index contributed by atoms with van der Waals surface area (Å²) >= 11 is 5.92. The van der Waals surface area contributed by atoms with Gasteiger partial charge in [-0.15, -0.1) is 0 Å². The highest BCUT2D eigenvalue weighted by molar-refractivity contribution is 6.30. The van der Waals surface area contributed by atoms with Crippen molar-refractivity contribution in [1.82, 2.24) is 0 Å². The van der Waals surface area contributed by atoms with E-state index in [-0.39, 0.29) is 12.5 Å². The highest BCUT2D eigenvalue weighted by Crippen LogP contribution is 2.30.